The van der Waals surface area contributed by atoms with Crippen molar-refractivity contribution in [1.29, 1.82) is 0 Å². The minimum atomic E-state index is -0.444. The fourth-order valence-corrected chi connectivity index (χ4v) is 2.53. The molecule has 1 atom stereocenters. The van der Waals surface area contributed by atoms with Crippen LogP contribution in [0.3, 0.4) is 0 Å². The second-order valence-corrected chi connectivity index (χ2v) is 5.76. The Labute approximate surface area is 118 Å². The van der Waals surface area contributed by atoms with Crippen LogP contribution in [0.4, 0.5) is 4.79 Å². The number of aryl methyl sites for hydroxylation is 2. The summed E-state index contributed by atoms with van der Waals surface area (Å²) in [6.45, 7) is 8.14. The first-order valence-corrected chi connectivity index (χ1v) is 7.14. The summed E-state index contributed by atoms with van der Waals surface area (Å²) in [6, 6.07) is 5.66. The zero-order valence-electron chi connectivity index (χ0n) is 11.7. The van der Waals surface area contributed by atoms with Crippen molar-refractivity contribution in [1.82, 2.24) is 10.6 Å². The van der Waals surface area contributed by atoms with E-state index in [4.69, 9.17) is 0 Å². The Morgan fingerprint density at radius 3 is 2.58 bits per heavy atom. The lowest BCUT2D eigenvalue weighted by molar-refractivity contribution is -0.119. The van der Waals surface area contributed by atoms with Gasteiger partial charge in [-0.3, -0.25) is 10.1 Å². The number of urea groups is 1. The molecule has 3 amide bonds. The van der Waals surface area contributed by atoms with E-state index < -0.39 is 6.03 Å². The topological polar surface area (TPSA) is 58.2 Å². The lowest BCUT2D eigenvalue weighted by atomic mass is 10.2. The van der Waals surface area contributed by atoms with Crippen LogP contribution < -0.4 is 10.6 Å². The van der Waals surface area contributed by atoms with E-state index in [1.807, 2.05) is 26.0 Å². The summed E-state index contributed by atoms with van der Waals surface area (Å²) in [5, 5.41) is 4.54. The van der Waals surface area contributed by atoms with Gasteiger partial charge in [0.2, 0.25) is 5.91 Å². The van der Waals surface area contributed by atoms with Gasteiger partial charge in [0.15, 0.2) is 0 Å². The van der Waals surface area contributed by atoms with Gasteiger partial charge in [0.05, 0.1) is 5.25 Å². The molecule has 1 rings (SSSR count). The lowest BCUT2D eigenvalue weighted by Gasteiger charge is -2.13. The van der Waals surface area contributed by atoms with Crippen molar-refractivity contribution in [2.24, 2.45) is 0 Å². The Balaban J connectivity index is 2.61. The molecule has 0 heterocycles. The Hall–Kier alpha value is -1.49. The number of amides is 3. The van der Waals surface area contributed by atoms with Gasteiger partial charge in [0.1, 0.15) is 0 Å². The summed E-state index contributed by atoms with van der Waals surface area (Å²) in [4.78, 5) is 24.1. The van der Waals surface area contributed by atoms with Crippen LogP contribution in [-0.4, -0.2) is 23.7 Å². The van der Waals surface area contributed by atoms with Gasteiger partial charge >= 0.3 is 6.03 Å². The molecule has 0 aliphatic rings. The van der Waals surface area contributed by atoms with Gasteiger partial charge < -0.3 is 5.32 Å². The largest absolute Gasteiger partial charge is 0.338 e. The van der Waals surface area contributed by atoms with Gasteiger partial charge in [-0.1, -0.05) is 17.7 Å². The van der Waals surface area contributed by atoms with Crippen molar-refractivity contribution in [3.63, 3.8) is 0 Å². The highest BCUT2D eigenvalue weighted by atomic mass is 32.2. The smallest absolute Gasteiger partial charge is 0.321 e. The van der Waals surface area contributed by atoms with Crippen molar-refractivity contribution in [2.75, 3.05) is 6.54 Å². The number of hydrogen-bond donors (Lipinski definition) is 2. The van der Waals surface area contributed by atoms with Crippen LogP contribution >= 0.6 is 11.8 Å². The number of imide groups is 1. The predicted octanol–water partition coefficient (Wildman–Crippen LogP) is 2.63. The summed E-state index contributed by atoms with van der Waals surface area (Å²) < 4.78 is 0. The zero-order valence-corrected chi connectivity index (χ0v) is 12.6. The van der Waals surface area contributed by atoms with E-state index in [-0.39, 0.29) is 11.2 Å². The molecule has 0 unspecified atom stereocenters. The minimum Gasteiger partial charge on any atom is -0.338 e. The highest BCUT2D eigenvalue weighted by Crippen LogP contribution is 2.27. The second kappa shape index (κ2) is 7.19. The number of nitrogens with one attached hydrogen (secondary N) is 2. The second-order valence-electron chi connectivity index (χ2n) is 4.38. The summed E-state index contributed by atoms with van der Waals surface area (Å²) >= 11 is 1.46. The first-order valence-electron chi connectivity index (χ1n) is 6.26. The SMILES string of the molecule is CCNC(=O)NC(=O)[C@H](C)Sc1ccc(C)cc1C. The Kier molecular flexibility index (Phi) is 5.89. The van der Waals surface area contributed by atoms with Crippen molar-refractivity contribution in [2.45, 2.75) is 37.8 Å². The molecule has 19 heavy (non-hydrogen) atoms. The molecule has 0 aliphatic heterocycles. The predicted molar refractivity (Wildman–Crippen MR) is 78.5 cm³/mol. The van der Waals surface area contributed by atoms with Crippen LogP contribution in [-0.2, 0) is 4.79 Å². The molecular weight excluding hydrogens is 260 g/mol. The van der Waals surface area contributed by atoms with Gasteiger partial charge in [-0.2, -0.15) is 0 Å². The van der Waals surface area contributed by atoms with Gasteiger partial charge in [0.25, 0.3) is 0 Å². The number of benzene rings is 1. The van der Waals surface area contributed by atoms with Crippen LogP contribution in [0.15, 0.2) is 23.1 Å². The van der Waals surface area contributed by atoms with Crippen LogP contribution in [0, 0.1) is 13.8 Å². The first kappa shape index (κ1) is 15.6. The number of hydrogen-bond acceptors (Lipinski definition) is 3. The molecule has 4 nitrogen and oxygen atoms in total. The third-order valence-electron chi connectivity index (χ3n) is 2.58. The molecule has 0 radical (unpaired) electrons. The van der Waals surface area contributed by atoms with E-state index in [1.165, 1.54) is 17.3 Å². The summed E-state index contributed by atoms with van der Waals surface area (Å²) in [5.41, 5.74) is 2.34. The molecule has 0 saturated carbocycles. The molecule has 2 N–H and O–H groups in total. The standard InChI is InChI=1S/C14H20N2O2S/c1-5-15-14(18)16-13(17)11(4)19-12-7-6-9(2)8-10(12)3/h6-8,11H,5H2,1-4H3,(H2,15,16,17,18)/t11-/m0/s1. The molecule has 1 aromatic rings. The third-order valence-corrected chi connectivity index (χ3v) is 3.86. The van der Waals surface area contributed by atoms with Gasteiger partial charge in [-0.25, -0.2) is 4.79 Å². The zero-order chi connectivity index (χ0) is 14.4. The van der Waals surface area contributed by atoms with Crippen LogP contribution in [0.1, 0.15) is 25.0 Å². The van der Waals surface area contributed by atoms with Crippen molar-refractivity contribution in [3.8, 4) is 0 Å². The lowest BCUT2D eigenvalue weighted by Crippen LogP contribution is -2.42. The van der Waals surface area contributed by atoms with E-state index in [9.17, 15) is 9.59 Å². The Morgan fingerprint density at radius 1 is 1.32 bits per heavy atom. The third kappa shape index (κ3) is 4.95. The molecule has 0 bridgehead atoms. The highest BCUT2D eigenvalue weighted by Gasteiger charge is 2.17. The minimum absolute atomic E-state index is 0.282. The van der Waals surface area contributed by atoms with Gasteiger partial charge in [0, 0.05) is 11.4 Å². The van der Waals surface area contributed by atoms with E-state index in [1.54, 1.807) is 13.8 Å². The van der Waals surface area contributed by atoms with Crippen LogP contribution in [0.25, 0.3) is 0 Å². The average Bonchev–Trinajstić information content (AvgIpc) is 2.32. The number of thioether (sulfide) groups is 1. The molecule has 0 spiro atoms. The molecule has 104 valence electrons. The first-order chi connectivity index (χ1) is 8.93. The van der Waals surface area contributed by atoms with E-state index in [0.717, 1.165) is 10.5 Å². The van der Waals surface area contributed by atoms with Crippen LogP contribution in [0.2, 0.25) is 0 Å². The molecule has 0 fully saturated rings. The fraction of sp³-hybridized carbons (Fsp3) is 0.429. The number of carbonyl (C=O) groups excluding carboxylic acids is 2. The van der Waals surface area contributed by atoms with Gasteiger partial charge in [-0.05, 0) is 39.3 Å². The maximum atomic E-state index is 11.8. The molecule has 1 aromatic carbocycles. The van der Waals surface area contributed by atoms with E-state index in [0.29, 0.717) is 6.54 Å². The summed E-state index contributed by atoms with van der Waals surface area (Å²) in [7, 11) is 0. The molecule has 5 heteroatoms. The van der Waals surface area contributed by atoms with E-state index in [2.05, 4.69) is 16.7 Å². The number of rotatable bonds is 4. The molecular formula is C14H20N2O2S. The quantitative estimate of drug-likeness (QED) is 0.834. The highest BCUT2D eigenvalue weighted by molar-refractivity contribution is 8.00. The monoisotopic (exact) mass is 280 g/mol. The number of carbonyl (C=O) groups is 2. The van der Waals surface area contributed by atoms with Crippen molar-refractivity contribution in [3.05, 3.63) is 29.3 Å². The maximum absolute atomic E-state index is 11.8. The van der Waals surface area contributed by atoms with Gasteiger partial charge in [-0.15, -0.1) is 11.8 Å². The Bertz CT molecular complexity index is 475. The molecule has 0 saturated heterocycles. The average molecular weight is 280 g/mol. The molecule has 0 aliphatic carbocycles. The normalized spacial score (nSPS) is 11.8. The van der Waals surface area contributed by atoms with E-state index >= 15 is 0 Å². The Morgan fingerprint density at radius 2 is 2.00 bits per heavy atom. The molecule has 0 aromatic heterocycles. The van der Waals surface area contributed by atoms with Crippen molar-refractivity contribution < 1.29 is 9.59 Å². The summed E-state index contributed by atoms with van der Waals surface area (Å²) in [6.07, 6.45) is 0. The maximum Gasteiger partial charge on any atom is 0.321 e. The fourth-order valence-electron chi connectivity index (χ4n) is 1.59. The summed E-state index contributed by atoms with van der Waals surface area (Å²) in [5.74, 6) is -0.282. The van der Waals surface area contributed by atoms with Crippen molar-refractivity contribution >= 4 is 23.7 Å². The van der Waals surface area contributed by atoms with Crippen LogP contribution in [0.5, 0.6) is 0 Å².